The van der Waals surface area contributed by atoms with Gasteiger partial charge in [0.1, 0.15) is 11.4 Å². The smallest absolute Gasteiger partial charge is 0.244 e. The maximum Gasteiger partial charge on any atom is 0.244 e. The Balaban J connectivity index is 3.04. The van der Waals surface area contributed by atoms with E-state index in [-0.39, 0.29) is 5.75 Å². The van der Waals surface area contributed by atoms with Crippen molar-refractivity contribution in [1.29, 1.82) is 0 Å². The van der Waals surface area contributed by atoms with Crippen molar-refractivity contribution in [1.82, 2.24) is 4.98 Å². The van der Waals surface area contributed by atoms with E-state index in [1.807, 2.05) is 0 Å². The van der Waals surface area contributed by atoms with E-state index in [0.29, 0.717) is 11.3 Å². The van der Waals surface area contributed by atoms with E-state index in [4.69, 9.17) is 5.73 Å². The molecule has 0 spiro atoms. The Morgan fingerprint density at radius 2 is 2.38 bits per heavy atom. The van der Waals surface area contributed by atoms with E-state index in [1.165, 1.54) is 18.3 Å². The summed E-state index contributed by atoms with van der Waals surface area (Å²) in [6.45, 7) is 1.57. The van der Waals surface area contributed by atoms with E-state index in [0.717, 1.165) is 0 Å². The summed E-state index contributed by atoms with van der Waals surface area (Å²) in [7, 11) is 0. The molecule has 0 aliphatic heterocycles. The Morgan fingerprint density at radius 3 is 2.92 bits per heavy atom. The number of primary amides is 1. The van der Waals surface area contributed by atoms with Gasteiger partial charge in [-0.1, -0.05) is 0 Å². The highest BCUT2D eigenvalue weighted by Gasteiger charge is 2.01. The van der Waals surface area contributed by atoms with Crippen molar-refractivity contribution in [2.45, 2.75) is 6.92 Å². The summed E-state index contributed by atoms with van der Waals surface area (Å²) in [5.74, 6) is -0.492. The predicted octanol–water partition coefficient (Wildman–Crippen LogP) is 0.676. The Bertz CT molecular complexity index is 358. The molecular formula is C9H10N2O2. The fourth-order valence-electron chi connectivity index (χ4n) is 0.796. The molecule has 1 amide bonds. The molecule has 0 fully saturated rings. The Labute approximate surface area is 75.7 Å². The van der Waals surface area contributed by atoms with E-state index < -0.39 is 5.91 Å². The second-order valence-corrected chi connectivity index (χ2v) is 2.60. The van der Waals surface area contributed by atoms with Crippen molar-refractivity contribution in [2.24, 2.45) is 5.73 Å². The van der Waals surface area contributed by atoms with E-state index in [1.54, 1.807) is 13.0 Å². The van der Waals surface area contributed by atoms with Gasteiger partial charge in [-0.15, -0.1) is 0 Å². The third-order valence-electron chi connectivity index (χ3n) is 1.56. The molecular weight excluding hydrogens is 168 g/mol. The summed E-state index contributed by atoms with van der Waals surface area (Å²) in [4.78, 5) is 14.5. The molecule has 0 aliphatic carbocycles. The van der Waals surface area contributed by atoms with Crippen LogP contribution < -0.4 is 5.73 Å². The molecule has 0 aliphatic rings. The molecule has 0 aromatic carbocycles. The number of pyridine rings is 1. The second kappa shape index (κ2) is 3.71. The van der Waals surface area contributed by atoms with Crippen molar-refractivity contribution in [2.75, 3.05) is 0 Å². The molecule has 68 valence electrons. The predicted molar refractivity (Wildman–Crippen MR) is 48.7 cm³/mol. The lowest BCUT2D eigenvalue weighted by atomic mass is 10.2. The number of rotatable bonds is 2. The van der Waals surface area contributed by atoms with Crippen molar-refractivity contribution in [3.63, 3.8) is 0 Å². The molecule has 0 saturated carbocycles. The number of hydrogen-bond acceptors (Lipinski definition) is 3. The SMILES string of the molecule is CC(=Cc1ncccc1O)C(N)=O. The van der Waals surface area contributed by atoms with Gasteiger partial charge in [-0.25, -0.2) is 0 Å². The number of nitrogens with two attached hydrogens (primary N) is 1. The third-order valence-corrected chi connectivity index (χ3v) is 1.56. The van der Waals surface area contributed by atoms with Gasteiger partial charge in [0.25, 0.3) is 0 Å². The average molecular weight is 178 g/mol. The lowest BCUT2D eigenvalue weighted by Gasteiger charge is -1.97. The summed E-state index contributed by atoms with van der Waals surface area (Å²) >= 11 is 0. The normalized spacial score (nSPS) is 11.3. The van der Waals surface area contributed by atoms with Crippen LogP contribution in [0.3, 0.4) is 0 Å². The van der Waals surface area contributed by atoms with Gasteiger partial charge in [0.05, 0.1) is 0 Å². The lowest BCUT2D eigenvalue weighted by molar-refractivity contribution is -0.114. The molecule has 1 rings (SSSR count). The molecule has 0 radical (unpaired) electrons. The van der Waals surface area contributed by atoms with Crippen molar-refractivity contribution >= 4 is 12.0 Å². The number of aromatic hydroxyl groups is 1. The maximum atomic E-state index is 10.7. The molecule has 4 nitrogen and oxygen atoms in total. The zero-order valence-electron chi connectivity index (χ0n) is 7.19. The van der Waals surface area contributed by atoms with E-state index in [9.17, 15) is 9.90 Å². The van der Waals surface area contributed by atoms with Crippen LogP contribution in [0.1, 0.15) is 12.6 Å². The zero-order valence-corrected chi connectivity index (χ0v) is 7.19. The first kappa shape index (κ1) is 9.25. The van der Waals surface area contributed by atoms with Gasteiger partial charge in [-0.2, -0.15) is 0 Å². The highest BCUT2D eigenvalue weighted by atomic mass is 16.3. The van der Waals surface area contributed by atoms with Crippen LogP contribution in [0.5, 0.6) is 5.75 Å². The van der Waals surface area contributed by atoms with E-state index >= 15 is 0 Å². The lowest BCUT2D eigenvalue weighted by Crippen LogP contribution is -2.11. The number of aromatic nitrogens is 1. The minimum Gasteiger partial charge on any atom is -0.506 e. The molecule has 0 saturated heterocycles. The number of carbonyl (C=O) groups is 1. The first-order valence-corrected chi connectivity index (χ1v) is 3.73. The summed E-state index contributed by atoms with van der Waals surface area (Å²) in [5, 5.41) is 9.28. The number of carbonyl (C=O) groups excluding carboxylic acids is 1. The minimum atomic E-state index is -0.523. The van der Waals surface area contributed by atoms with Gasteiger partial charge in [-0.3, -0.25) is 9.78 Å². The monoisotopic (exact) mass is 178 g/mol. The van der Waals surface area contributed by atoms with Gasteiger partial charge in [0, 0.05) is 11.8 Å². The van der Waals surface area contributed by atoms with Gasteiger partial charge in [0.15, 0.2) is 0 Å². The minimum absolute atomic E-state index is 0.0306. The highest BCUT2D eigenvalue weighted by molar-refractivity contribution is 5.95. The van der Waals surface area contributed by atoms with Crippen LogP contribution in [0.15, 0.2) is 23.9 Å². The quantitative estimate of drug-likeness (QED) is 0.653. The summed E-state index contributed by atoms with van der Waals surface area (Å²) in [5.41, 5.74) is 5.72. The molecule has 3 N–H and O–H groups in total. The van der Waals surface area contributed by atoms with Gasteiger partial charge >= 0.3 is 0 Å². The Hall–Kier alpha value is -1.84. The van der Waals surface area contributed by atoms with Crippen LogP contribution >= 0.6 is 0 Å². The van der Waals surface area contributed by atoms with Crippen molar-refractivity contribution < 1.29 is 9.90 Å². The molecule has 1 aromatic heterocycles. The molecule has 0 unspecified atom stereocenters. The number of amides is 1. The van der Waals surface area contributed by atoms with Gasteiger partial charge < -0.3 is 10.8 Å². The van der Waals surface area contributed by atoms with Gasteiger partial charge in [-0.05, 0) is 25.1 Å². The highest BCUT2D eigenvalue weighted by Crippen LogP contribution is 2.15. The van der Waals surface area contributed by atoms with Crippen LogP contribution in [0.4, 0.5) is 0 Å². The summed E-state index contributed by atoms with van der Waals surface area (Å²) < 4.78 is 0. The zero-order chi connectivity index (χ0) is 9.84. The first-order valence-electron chi connectivity index (χ1n) is 3.73. The topological polar surface area (TPSA) is 76.2 Å². The van der Waals surface area contributed by atoms with E-state index in [2.05, 4.69) is 4.98 Å². The Morgan fingerprint density at radius 1 is 1.69 bits per heavy atom. The van der Waals surface area contributed by atoms with Crippen molar-refractivity contribution in [3.05, 3.63) is 29.6 Å². The van der Waals surface area contributed by atoms with Crippen LogP contribution in [0.2, 0.25) is 0 Å². The fraction of sp³-hybridized carbons (Fsp3) is 0.111. The van der Waals surface area contributed by atoms with Gasteiger partial charge in [0.2, 0.25) is 5.91 Å². The first-order chi connectivity index (χ1) is 6.11. The fourth-order valence-corrected chi connectivity index (χ4v) is 0.796. The van der Waals surface area contributed by atoms with Crippen LogP contribution in [-0.4, -0.2) is 16.0 Å². The molecule has 1 aromatic rings. The summed E-state index contributed by atoms with van der Waals surface area (Å²) in [6, 6.07) is 3.10. The largest absolute Gasteiger partial charge is 0.506 e. The maximum absolute atomic E-state index is 10.7. The van der Waals surface area contributed by atoms with Crippen LogP contribution in [-0.2, 0) is 4.79 Å². The molecule has 0 bridgehead atoms. The molecule has 4 heteroatoms. The summed E-state index contributed by atoms with van der Waals surface area (Å²) in [6.07, 6.45) is 2.97. The molecule has 13 heavy (non-hydrogen) atoms. The number of nitrogens with zero attached hydrogens (tertiary/aromatic N) is 1. The number of hydrogen-bond donors (Lipinski definition) is 2. The molecule has 1 heterocycles. The standard InChI is InChI=1S/C9H10N2O2/c1-6(9(10)13)5-7-8(12)3-2-4-11-7/h2-5,12H,1H3,(H2,10,13). The van der Waals surface area contributed by atoms with Crippen LogP contribution in [0, 0.1) is 0 Å². The third kappa shape index (κ3) is 2.30. The Kier molecular flexibility index (Phi) is 2.64. The second-order valence-electron chi connectivity index (χ2n) is 2.60. The van der Waals surface area contributed by atoms with Crippen molar-refractivity contribution in [3.8, 4) is 5.75 Å². The average Bonchev–Trinajstić information content (AvgIpc) is 2.08. The molecule has 0 atom stereocenters. The van der Waals surface area contributed by atoms with Crippen LogP contribution in [0.25, 0.3) is 6.08 Å².